The van der Waals surface area contributed by atoms with Crippen molar-refractivity contribution >= 4 is 11.7 Å². The van der Waals surface area contributed by atoms with Crippen molar-refractivity contribution in [3.05, 3.63) is 119 Å². The van der Waals surface area contributed by atoms with Crippen molar-refractivity contribution in [3.63, 3.8) is 0 Å². The van der Waals surface area contributed by atoms with Gasteiger partial charge in [-0.15, -0.1) is 0 Å². The number of hydrogen-bond donors (Lipinski definition) is 1. The van der Waals surface area contributed by atoms with Gasteiger partial charge in [0.25, 0.3) is 0 Å². The number of esters is 1. The van der Waals surface area contributed by atoms with Crippen molar-refractivity contribution in [1.29, 1.82) is 0 Å². The normalized spacial score (nSPS) is 17.9. The molecule has 6 nitrogen and oxygen atoms in total. The summed E-state index contributed by atoms with van der Waals surface area (Å²) in [5, 5.41) is 3.37. The van der Waals surface area contributed by atoms with E-state index in [9.17, 15) is 9.18 Å². The Morgan fingerprint density at radius 3 is 2.49 bits per heavy atom. The first-order valence-electron chi connectivity index (χ1n) is 12.1. The highest BCUT2D eigenvalue weighted by molar-refractivity contribution is 5.86. The molecule has 1 aromatic heterocycles. The van der Waals surface area contributed by atoms with Gasteiger partial charge in [0.05, 0.1) is 12.9 Å². The molecule has 2 unspecified atom stereocenters. The molecule has 0 saturated carbocycles. The summed E-state index contributed by atoms with van der Waals surface area (Å²) in [5.41, 5.74) is 2.65. The van der Waals surface area contributed by atoms with Gasteiger partial charge in [-0.1, -0.05) is 42.5 Å². The van der Waals surface area contributed by atoms with Gasteiger partial charge in [0.2, 0.25) is 5.76 Å². The lowest BCUT2D eigenvalue weighted by Gasteiger charge is -2.43. The molecule has 190 valence electrons. The zero-order chi connectivity index (χ0) is 25.8. The van der Waals surface area contributed by atoms with Crippen molar-refractivity contribution < 1.29 is 27.8 Å². The summed E-state index contributed by atoms with van der Waals surface area (Å²) in [4.78, 5) is 12.9. The zero-order valence-corrected chi connectivity index (χ0v) is 20.6. The van der Waals surface area contributed by atoms with Crippen LogP contribution in [-0.4, -0.2) is 17.7 Å². The Labute approximate surface area is 215 Å². The summed E-state index contributed by atoms with van der Waals surface area (Å²) >= 11 is 0. The Kier molecular flexibility index (Phi) is 6.97. The molecule has 0 amide bonds. The Balaban J connectivity index is 1.44. The maximum Gasteiger partial charge on any atom is 0.374 e. The maximum atomic E-state index is 13.3. The van der Waals surface area contributed by atoms with Gasteiger partial charge in [0.1, 0.15) is 23.3 Å². The number of carbonyl (C=O) groups excluding carboxylic acids is 1. The molecule has 4 aromatic rings. The molecule has 7 heteroatoms. The van der Waals surface area contributed by atoms with Crippen LogP contribution in [0.25, 0.3) is 0 Å². The highest BCUT2D eigenvalue weighted by atomic mass is 19.1. The van der Waals surface area contributed by atoms with E-state index in [1.165, 1.54) is 18.4 Å². The maximum absolute atomic E-state index is 13.3. The minimum absolute atomic E-state index is 0.109. The minimum Gasteiger partial charge on any atom is -0.483 e. The van der Waals surface area contributed by atoms with Crippen LogP contribution in [0.4, 0.5) is 10.1 Å². The van der Waals surface area contributed by atoms with Crippen LogP contribution in [0.1, 0.15) is 47.2 Å². The zero-order valence-electron chi connectivity index (χ0n) is 20.6. The molecule has 0 radical (unpaired) electrons. The van der Waals surface area contributed by atoms with Gasteiger partial charge in [-0.2, -0.15) is 0 Å². The molecule has 1 N–H and O–H groups in total. The predicted molar refractivity (Wildman–Crippen MR) is 137 cm³/mol. The standard InChI is InChI=1S/C30H28FNO5/c1-30(2)28(36-29(33)26-9-6-16-34-26)27(35-19-21-7-4-3-5-8-21)24-17-23(14-15-25(24)37-30)32-18-20-10-12-22(31)13-11-20/h3-17,27-28,32H,18-19H2,1-2H3. The van der Waals surface area contributed by atoms with Crippen molar-refractivity contribution in [2.24, 2.45) is 0 Å². The SMILES string of the molecule is CC1(C)Oc2ccc(NCc3ccc(F)cc3)cc2C(OCc2ccccc2)C1OC(=O)c1ccco1. The van der Waals surface area contributed by atoms with Crippen LogP contribution in [0.3, 0.4) is 0 Å². The third-order valence-corrected chi connectivity index (χ3v) is 6.29. The lowest BCUT2D eigenvalue weighted by atomic mass is 9.87. The van der Waals surface area contributed by atoms with Crippen LogP contribution in [0, 0.1) is 5.82 Å². The minimum atomic E-state index is -0.875. The van der Waals surface area contributed by atoms with Crippen LogP contribution >= 0.6 is 0 Å². The first-order chi connectivity index (χ1) is 17.9. The quantitative estimate of drug-likeness (QED) is 0.272. The molecule has 0 fully saturated rings. The molecule has 3 aromatic carbocycles. The van der Waals surface area contributed by atoms with Crippen molar-refractivity contribution in [1.82, 2.24) is 0 Å². The van der Waals surface area contributed by atoms with Crippen molar-refractivity contribution in [3.8, 4) is 5.75 Å². The number of ether oxygens (including phenoxy) is 3. The summed E-state index contributed by atoms with van der Waals surface area (Å²) in [5.74, 6) is -0.0984. The van der Waals surface area contributed by atoms with E-state index >= 15 is 0 Å². The molecule has 2 heterocycles. The topological polar surface area (TPSA) is 69.9 Å². The van der Waals surface area contributed by atoms with Gasteiger partial charge < -0.3 is 23.9 Å². The van der Waals surface area contributed by atoms with E-state index < -0.39 is 23.8 Å². The number of rotatable bonds is 8. The summed E-state index contributed by atoms with van der Waals surface area (Å²) in [6.07, 6.45) is 0.0655. The number of anilines is 1. The fraction of sp³-hybridized carbons (Fsp3) is 0.233. The molecule has 0 bridgehead atoms. The van der Waals surface area contributed by atoms with Gasteiger partial charge in [0, 0.05) is 17.8 Å². The number of fused-ring (bicyclic) bond motifs is 1. The molecular formula is C30H28FNO5. The number of halogens is 1. The summed E-state index contributed by atoms with van der Waals surface area (Å²) in [7, 11) is 0. The summed E-state index contributed by atoms with van der Waals surface area (Å²) in [6, 6.07) is 25.1. The first-order valence-corrected chi connectivity index (χ1v) is 12.1. The second-order valence-corrected chi connectivity index (χ2v) is 9.46. The van der Waals surface area contributed by atoms with Gasteiger partial charge in [-0.25, -0.2) is 9.18 Å². The second-order valence-electron chi connectivity index (χ2n) is 9.46. The Morgan fingerprint density at radius 1 is 0.973 bits per heavy atom. The van der Waals surface area contributed by atoms with Crippen LogP contribution in [-0.2, 0) is 22.6 Å². The molecule has 1 aliphatic heterocycles. The summed E-state index contributed by atoms with van der Waals surface area (Å²) in [6.45, 7) is 4.58. The lowest BCUT2D eigenvalue weighted by molar-refractivity contribution is -0.144. The van der Waals surface area contributed by atoms with E-state index in [2.05, 4.69) is 5.32 Å². The van der Waals surface area contributed by atoms with Crippen molar-refractivity contribution in [2.45, 2.75) is 44.8 Å². The van der Waals surface area contributed by atoms with Gasteiger partial charge >= 0.3 is 5.97 Å². The average molecular weight is 502 g/mol. The van der Waals surface area contributed by atoms with Crippen LogP contribution in [0.5, 0.6) is 5.75 Å². The highest BCUT2D eigenvalue weighted by Gasteiger charge is 2.48. The van der Waals surface area contributed by atoms with E-state index in [0.717, 1.165) is 22.4 Å². The molecule has 1 aliphatic rings. The smallest absolute Gasteiger partial charge is 0.374 e. The van der Waals surface area contributed by atoms with Crippen LogP contribution in [0.15, 0.2) is 95.6 Å². The van der Waals surface area contributed by atoms with E-state index in [4.69, 9.17) is 18.6 Å². The fourth-order valence-electron chi connectivity index (χ4n) is 4.36. The first kappa shape index (κ1) is 24.6. The third kappa shape index (κ3) is 5.67. The van der Waals surface area contributed by atoms with Crippen LogP contribution in [0.2, 0.25) is 0 Å². The second kappa shape index (κ2) is 10.5. The number of hydrogen-bond acceptors (Lipinski definition) is 6. The molecule has 0 saturated heterocycles. The predicted octanol–water partition coefficient (Wildman–Crippen LogP) is 6.69. The Hall–Kier alpha value is -4.10. The molecular weight excluding hydrogens is 473 g/mol. The highest BCUT2D eigenvalue weighted by Crippen LogP contribution is 2.45. The largest absolute Gasteiger partial charge is 0.483 e. The van der Waals surface area contributed by atoms with Crippen LogP contribution < -0.4 is 10.1 Å². The van der Waals surface area contributed by atoms with Gasteiger partial charge in [-0.3, -0.25) is 0 Å². The average Bonchev–Trinajstić information content (AvgIpc) is 3.44. The van der Waals surface area contributed by atoms with Gasteiger partial charge in [0.15, 0.2) is 6.10 Å². The van der Waals surface area contributed by atoms with Crippen molar-refractivity contribution in [2.75, 3.05) is 5.32 Å². The lowest BCUT2D eigenvalue weighted by Crippen LogP contribution is -2.51. The van der Waals surface area contributed by atoms with E-state index in [1.807, 2.05) is 62.4 Å². The van der Waals surface area contributed by atoms with E-state index in [1.54, 1.807) is 24.3 Å². The number of benzene rings is 3. The van der Waals surface area contributed by atoms with E-state index in [-0.39, 0.29) is 11.6 Å². The Bertz CT molecular complexity index is 1340. The molecule has 0 spiro atoms. The number of carbonyl (C=O) groups is 1. The molecule has 5 rings (SSSR count). The molecule has 37 heavy (non-hydrogen) atoms. The van der Waals surface area contributed by atoms with Gasteiger partial charge in [-0.05, 0) is 67.4 Å². The fourth-order valence-corrected chi connectivity index (χ4v) is 4.36. The third-order valence-electron chi connectivity index (χ3n) is 6.29. The summed E-state index contributed by atoms with van der Waals surface area (Å²) < 4.78 is 37.2. The molecule has 0 aliphatic carbocycles. The number of nitrogens with one attached hydrogen (secondary N) is 1. The van der Waals surface area contributed by atoms with E-state index in [0.29, 0.717) is 18.9 Å². The Morgan fingerprint density at radius 2 is 1.76 bits per heavy atom. The number of furan rings is 1. The monoisotopic (exact) mass is 501 g/mol. The molecule has 2 atom stereocenters.